The van der Waals surface area contributed by atoms with Gasteiger partial charge in [0.25, 0.3) is 0 Å². The Labute approximate surface area is 142 Å². The molecule has 1 aromatic rings. The molecule has 2 bridgehead atoms. The first kappa shape index (κ1) is 15.3. The van der Waals surface area contributed by atoms with E-state index in [1.165, 1.54) is 22.3 Å². The van der Waals surface area contributed by atoms with Crippen molar-refractivity contribution >= 4 is 18.8 Å². The molecule has 1 aliphatic heterocycles. The number of likely N-dealkylation sites (N-methyl/N-ethyl adjacent to an activating group) is 1. The highest BCUT2D eigenvalue weighted by molar-refractivity contribution is 5.68. The van der Waals surface area contributed by atoms with Crippen molar-refractivity contribution in [2.75, 3.05) is 13.1 Å². The first-order valence-electron chi connectivity index (χ1n) is 8.70. The molecule has 24 heavy (non-hydrogen) atoms. The van der Waals surface area contributed by atoms with Crippen LogP contribution in [0.2, 0.25) is 0 Å². The second kappa shape index (κ2) is 6.02. The van der Waals surface area contributed by atoms with Gasteiger partial charge in [-0.3, -0.25) is 14.3 Å². The van der Waals surface area contributed by atoms with E-state index in [0.29, 0.717) is 6.04 Å². The summed E-state index contributed by atoms with van der Waals surface area (Å²) >= 11 is 0. The van der Waals surface area contributed by atoms with Gasteiger partial charge in [-0.2, -0.15) is 0 Å². The van der Waals surface area contributed by atoms with Crippen LogP contribution in [0.1, 0.15) is 30.2 Å². The van der Waals surface area contributed by atoms with E-state index >= 15 is 0 Å². The summed E-state index contributed by atoms with van der Waals surface area (Å²) in [6.45, 7) is 3.87. The van der Waals surface area contributed by atoms with Gasteiger partial charge in [0.05, 0.1) is 5.69 Å². The molecule has 4 rings (SSSR count). The summed E-state index contributed by atoms with van der Waals surface area (Å²) in [4.78, 5) is 25.3. The summed E-state index contributed by atoms with van der Waals surface area (Å²) < 4.78 is 1.71. The summed E-state index contributed by atoms with van der Waals surface area (Å²) in [7, 11) is 0. The first-order chi connectivity index (χ1) is 11.7. The average molecular weight is 322 g/mol. The van der Waals surface area contributed by atoms with Crippen molar-refractivity contribution in [1.82, 2.24) is 9.47 Å². The van der Waals surface area contributed by atoms with Gasteiger partial charge in [-0.25, -0.2) is 0 Å². The Morgan fingerprint density at radius 2 is 2.21 bits per heavy atom. The second-order valence-electron chi connectivity index (χ2n) is 6.80. The number of allylic oxidation sites excluding steroid dienone is 2. The minimum Gasteiger partial charge on any atom is -0.303 e. The van der Waals surface area contributed by atoms with Crippen LogP contribution in [0.25, 0.3) is 6.08 Å². The van der Waals surface area contributed by atoms with Crippen molar-refractivity contribution in [3.63, 3.8) is 0 Å². The van der Waals surface area contributed by atoms with Crippen LogP contribution in [-0.2, 0) is 22.4 Å². The molecular formula is C20H22N2O2. The molecule has 0 spiro atoms. The van der Waals surface area contributed by atoms with Crippen molar-refractivity contribution in [2.45, 2.75) is 32.2 Å². The fraction of sp³-hybridized carbons (Fsp3) is 0.400. The van der Waals surface area contributed by atoms with Gasteiger partial charge in [-0.1, -0.05) is 25.2 Å². The lowest BCUT2D eigenvalue weighted by molar-refractivity contribution is -0.110. The Bertz CT molecular complexity index is 782. The molecule has 0 unspecified atom stereocenters. The van der Waals surface area contributed by atoms with Crippen molar-refractivity contribution in [3.05, 3.63) is 52.4 Å². The monoisotopic (exact) mass is 322 g/mol. The van der Waals surface area contributed by atoms with Gasteiger partial charge < -0.3 is 4.79 Å². The van der Waals surface area contributed by atoms with Gasteiger partial charge >= 0.3 is 0 Å². The summed E-state index contributed by atoms with van der Waals surface area (Å²) in [6.07, 6.45) is 15.2. The largest absolute Gasteiger partial charge is 0.303 e. The lowest BCUT2D eigenvalue weighted by Gasteiger charge is -2.38. The standard InChI is InChI=1S/C20H22N2O2/c1-2-21-10-14(12-23)7-17-15-5-3-4-6-19-18(8-15)16(9-20(17)21)11-22(19)13-24/h4-7,11-14,20H,2-3,8-10H2,1H3/b6-4?,15-5+/t14-,20-/m1/s1. The maximum absolute atomic E-state index is 11.4. The maximum atomic E-state index is 11.4. The Morgan fingerprint density at radius 3 is 2.96 bits per heavy atom. The number of rotatable bonds is 3. The van der Waals surface area contributed by atoms with Gasteiger partial charge in [-0.15, -0.1) is 0 Å². The van der Waals surface area contributed by atoms with Gasteiger partial charge in [0.2, 0.25) is 6.41 Å². The lowest BCUT2D eigenvalue weighted by Crippen LogP contribution is -2.44. The molecule has 4 heteroatoms. The van der Waals surface area contributed by atoms with Crippen LogP contribution >= 0.6 is 0 Å². The fourth-order valence-corrected chi connectivity index (χ4v) is 4.35. The highest BCUT2D eigenvalue weighted by atomic mass is 16.1. The highest BCUT2D eigenvalue weighted by Crippen LogP contribution is 2.38. The molecule has 2 aliphatic carbocycles. The highest BCUT2D eigenvalue weighted by Gasteiger charge is 2.34. The summed E-state index contributed by atoms with van der Waals surface area (Å²) in [5.41, 5.74) is 6.16. The van der Waals surface area contributed by atoms with Gasteiger partial charge in [-0.05, 0) is 54.2 Å². The minimum absolute atomic E-state index is 0.0232. The van der Waals surface area contributed by atoms with Crippen LogP contribution in [0, 0.1) is 5.92 Å². The zero-order chi connectivity index (χ0) is 16.7. The van der Waals surface area contributed by atoms with E-state index in [-0.39, 0.29) is 5.92 Å². The molecule has 0 saturated heterocycles. The van der Waals surface area contributed by atoms with Gasteiger partial charge in [0, 0.05) is 24.7 Å². The molecule has 0 N–H and O–H groups in total. The molecule has 0 fully saturated rings. The van der Waals surface area contributed by atoms with Crippen molar-refractivity contribution < 1.29 is 9.59 Å². The molecule has 0 radical (unpaired) electrons. The number of carbonyl (C=O) groups excluding carboxylic acids is 2. The number of hydrogen-bond acceptors (Lipinski definition) is 3. The third-order valence-corrected chi connectivity index (χ3v) is 5.53. The molecule has 2 heterocycles. The molecule has 1 aromatic heterocycles. The SMILES string of the molecule is CCN1C[C@H](C=O)C=C2/C3=C/CC=Cc4c(c(cn4C=O)C[C@H]21)C3. The predicted molar refractivity (Wildman–Crippen MR) is 94.4 cm³/mol. The van der Waals surface area contributed by atoms with E-state index in [1.807, 2.05) is 6.20 Å². The average Bonchev–Trinajstić information content (AvgIpc) is 2.80. The normalized spacial score (nSPS) is 27.9. The van der Waals surface area contributed by atoms with Crippen LogP contribution in [0.4, 0.5) is 0 Å². The number of nitrogens with zero attached hydrogens (tertiary/aromatic N) is 2. The Morgan fingerprint density at radius 1 is 1.33 bits per heavy atom. The number of carbonyl (C=O) groups is 2. The fourth-order valence-electron chi connectivity index (χ4n) is 4.35. The van der Waals surface area contributed by atoms with Gasteiger partial charge in [0.15, 0.2) is 0 Å². The Kier molecular flexibility index (Phi) is 3.85. The molecular weight excluding hydrogens is 300 g/mol. The molecule has 3 aliphatic rings. The third kappa shape index (κ3) is 2.33. The topological polar surface area (TPSA) is 42.3 Å². The predicted octanol–water partition coefficient (Wildman–Crippen LogP) is 2.41. The molecule has 124 valence electrons. The molecule has 0 aromatic carbocycles. The van der Waals surface area contributed by atoms with Crippen molar-refractivity contribution in [1.29, 1.82) is 0 Å². The van der Waals surface area contributed by atoms with E-state index < -0.39 is 0 Å². The molecule has 2 atom stereocenters. The molecule has 0 amide bonds. The van der Waals surface area contributed by atoms with Crippen LogP contribution < -0.4 is 0 Å². The molecule has 4 nitrogen and oxygen atoms in total. The lowest BCUT2D eigenvalue weighted by atomic mass is 9.86. The van der Waals surface area contributed by atoms with Gasteiger partial charge in [0.1, 0.15) is 6.29 Å². The Hall–Kier alpha value is -2.20. The summed E-state index contributed by atoms with van der Waals surface area (Å²) in [5.74, 6) is -0.0232. The number of aldehydes is 1. The van der Waals surface area contributed by atoms with Crippen LogP contribution in [0.15, 0.2) is 35.6 Å². The zero-order valence-electron chi connectivity index (χ0n) is 13.9. The number of hydrogen-bond donors (Lipinski definition) is 0. The number of fused-ring (bicyclic) bond motifs is 3. The van der Waals surface area contributed by atoms with E-state index in [2.05, 4.69) is 36.1 Å². The number of aromatic nitrogens is 1. The smallest absolute Gasteiger partial charge is 0.218 e. The zero-order valence-corrected chi connectivity index (χ0v) is 13.9. The van der Waals surface area contributed by atoms with E-state index in [9.17, 15) is 9.59 Å². The first-order valence-corrected chi connectivity index (χ1v) is 8.70. The van der Waals surface area contributed by atoms with Crippen LogP contribution in [-0.4, -0.2) is 41.3 Å². The van der Waals surface area contributed by atoms with Crippen molar-refractivity contribution in [2.24, 2.45) is 5.92 Å². The third-order valence-electron chi connectivity index (χ3n) is 5.53. The second-order valence-corrected chi connectivity index (χ2v) is 6.80. The van der Waals surface area contributed by atoms with E-state index in [1.54, 1.807) is 4.57 Å². The minimum atomic E-state index is -0.0232. The summed E-state index contributed by atoms with van der Waals surface area (Å²) in [6, 6.07) is 0.298. The van der Waals surface area contributed by atoms with E-state index in [4.69, 9.17) is 0 Å². The maximum Gasteiger partial charge on any atom is 0.218 e. The van der Waals surface area contributed by atoms with Crippen LogP contribution in [0.3, 0.4) is 0 Å². The Balaban J connectivity index is 1.89. The van der Waals surface area contributed by atoms with Crippen molar-refractivity contribution in [3.8, 4) is 0 Å². The van der Waals surface area contributed by atoms with E-state index in [0.717, 1.165) is 50.7 Å². The molecule has 0 saturated carbocycles. The van der Waals surface area contributed by atoms with Crippen LogP contribution in [0.5, 0.6) is 0 Å². The summed E-state index contributed by atoms with van der Waals surface area (Å²) in [5, 5.41) is 0. The quantitative estimate of drug-likeness (QED) is 0.803.